The van der Waals surface area contributed by atoms with E-state index in [0.717, 1.165) is 31.8 Å². The van der Waals surface area contributed by atoms with Crippen molar-refractivity contribution < 1.29 is 0 Å². The maximum absolute atomic E-state index is 5.91. The van der Waals surface area contributed by atoms with Crippen LogP contribution < -0.4 is 0 Å². The Kier molecular flexibility index (Phi) is 3.11. The Balaban J connectivity index is 1.30. The zero-order chi connectivity index (χ0) is 14.7. The van der Waals surface area contributed by atoms with Gasteiger partial charge in [0.25, 0.3) is 0 Å². The number of piperidine rings is 3. The first kappa shape index (κ1) is 13.8. The maximum atomic E-state index is 5.91. The van der Waals surface area contributed by atoms with Gasteiger partial charge in [-0.2, -0.15) is 8.75 Å². The van der Waals surface area contributed by atoms with Crippen LogP contribution >= 0.6 is 46.4 Å². The van der Waals surface area contributed by atoms with Gasteiger partial charge in [0.05, 0.1) is 32.4 Å². The first-order chi connectivity index (χ1) is 10.8. The molecule has 0 amide bonds. The normalized spacial score (nSPS) is 33.8. The number of aromatic nitrogens is 2. The van der Waals surface area contributed by atoms with Crippen molar-refractivity contribution in [2.45, 2.75) is 10.4 Å². The van der Waals surface area contributed by atoms with Crippen LogP contribution in [0, 0.1) is 23.7 Å². The Labute approximate surface area is 146 Å². The second-order valence-electron chi connectivity index (χ2n) is 6.06. The van der Waals surface area contributed by atoms with Crippen molar-refractivity contribution >= 4 is 46.4 Å². The fourth-order valence-corrected chi connectivity index (χ4v) is 6.62. The van der Waals surface area contributed by atoms with E-state index in [0.29, 0.717) is 5.41 Å². The number of halogens is 1. The fourth-order valence-electron chi connectivity index (χ4n) is 4.14. The number of thiophene rings is 1. The van der Waals surface area contributed by atoms with Gasteiger partial charge in [0, 0.05) is 25.0 Å². The second kappa shape index (κ2) is 4.96. The molecule has 3 aliphatic heterocycles. The minimum Gasteiger partial charge on any atom is -0.302 e. The molecule has 0 spiro atoms. The summed E-state index contributed by atoms with van der Waals surface area (Å²) in [5.74, 6) is 8.81. The van der Waals surface area contributed by atoms with E-state index in [2.05, 4.69) is 25.5 Å². The number of hydrogen-bond donors (Lipinski definition) is 0. The van der Waals surface area contributed by atoms with Crippen LogP contribution in [0.4, 0.5) is 0 Å². The summed E-state index contributed by atoms with van der Waals surface area (Å²) < 4.78 is 9.96. The molecular formula is C15H12ClN3S3. The van der Waals surface area contributed by atoms with Crippen molar-refractivity contribution in [2.75, 3.05) is 25.4 Å². The molecule has 7 heteroatoms. The Morgan fingerprint density at radius 3 is 2.91 bits per heavy atom. The van der Waals surface area contributed by atoms with E-state index in [1.165, 1.54) is 48.4 Å². The van der Waals surface area contributed by atoms with Gasteiger partial charge in [-0.3, -0.25) is 0 Å². The molecule has 112 valence electrons. The fraction of sp³-hybridized carbons (Fsp3) is 0.467. The summed E-state index contributed by atoms with van der Waals surface area (Å²) in [6.07, 6.45) is 0. The zero-order valence-corrected chi connectivity index (χ0v) is 14.8. The van der Waals surface area contributed by atoms with Gasteiger partial charge in [-0.25, -0.2) is 0 Å². The minimum absolute atomic E-state index is 0.351. The lowest BCUT2D eigenvalue weighted by Gasteiger charge is -2.08. The third-order valence-electron chi connectivity index (χ3n) is 5.06. The molecule has 4 aliphatic rings. The van der Waals surface area contributed by atoms with Gasteiger partial charge < -0.3 is 4.90 Å². The Morgan fingerprint density at radius 1 is 1.36 bits per heavy atom. The van der Waals surface area contributed by atoms with E-state index in [4.69, 9.17) is 11.6 Å². The highest BCUT2D eigenvalue weighted by Gasteiger charge is 2.76. The van der Waals surface area contributed by atoms with E-state index in [1.54, 1.807) is 11.8 Å². The molecule has 2 unspecified atom stereocenters. The molecule has 0 radical (unpaired) electrons. The maximum Gasteiger partial charge on any atom is 0.135 e. The topological polar surface area (TPSA) is 29.0 Å². The van der Waals surface area contributed by atoms with E-state index in [-0.39, 0.29) is 0 Å². The molecule has 2 atom stereocenters. The average Bonchev–Trinajstić information content (AvgIpc) is 3.17. The summed E-state index contributed by atoms with van der Waals surface area (Å²) in [5.41, 5.74) is 1.61. The predicted molar refractivity (Wildman–Crippen MR) is 91.9 cm³/mol. The molecule has 1 saturated carbocycles. The third-order valence-corrected chi connectivity index (χ3v) is 7.70. The molecule has 4 bridgehead atoms. The second-order valence-corrected chi connectivity index (χ2v) is 9.27. The average molecular weight is 366 g/mol. The van der Waals surface area contributed by atoms with Gasteiger partial charge >= 0.3 is 0 Å². The number of thioether (sulfide) groups is 1. The number of nitrogens with zero attached hydrogens (tertiary/aromatic N) is 3. The summed E-state index contributed by atoms with van der Waals surface area (Å²) in [6.45, 7) is 3.73. The molecule has 4 fully saturated rings. The summed E-state index contributed by atoms with van der Waals surface area (Å²) in [4.78, 5) is 3.59. The lowest BCUT2D eigenvalue weighted by molar-refractivity contribution is 0.405. The van der Waals surface area contributed by atoms with Crippen LogP contribution in [0.25, 0.3) is 0 Å². The van der Waals surface area contributed by atoms with E-state index >= 15 is 0 Å². The van der Waals surface area contributed by atoms with Crippen molar-refractivity contribution in [1.82, 2.24) is 13.6 Å². The Bertz CT molecular complexity index is 790. The molecule has 3 saturated heterocycles. The van der Waals surface area contributed by atoms with E-state index in [1.807, 2.05) is 12.1 Å². The molecule has 5 heterocycles. The minimum atomic E-state index is 0.351. The van der Waals surface area contributed by atoms with Crippen LogP contribution in [0.3, 0.4) is 0 Å². The molecular weight excluding hydrogens is 354 g/mol. The first-order valence-electron chi connectivity index (χ1n) is 7.20. The molecule has 22 heavy (non-hydrogen) atoms. The SMILES string of the molecule is Clc1ccc(C#CCSc2nsnc2C23CN4CC2C3C4)s1. The van der Waals surface area contributed by atoms with Crippen LogP contribution in [0.2, 0.25) is 4.34 Å². The molecule has 2 aromatic heterocycles. The Morgan fingerprint density at radius 2 is 2.23 bits per heavy atom. The van der Waals surface area contributed by atoms with Gasteiger partial charge in [0.2, 0.25) is 0 Å². The lowest BCUT2D eigenvalue weighted by atomic mass is 10.0. The van der Waals surface area contributed by atoms with Crippen LogP contribution in [0.1, 0.15) is 10.6 Å². The van der Waals surface area contributed by atoms with Gasteiger partial charge in [-0.1, -0.05) is 35.2 Å². The predicted octanol–water partition coefficient (Wildman–Crippen LogP) is 3.21. The summed E-state index contributed by atoms with van der Waals surface area (Å²) in [6, 6.07) is 3.86. The third kappa shape index (κ3) is 1.93. The van der Waals surface area contributed by atoms with E-state index in [9.17, 15) is 0 Å². The lowest BCUT2D eigenvalue weighted by Crippen LogP contribution is -2.16. The van der Waals surface area contributed by atoms with Crippen molar-refractivity contribution in [3.05, 3.63) is 27.0 Å². The number of rotatable bonds is 3. The molecule has 0 N–H and O–H groups in total. The van der Waals surface area contributed by atoms with Crippen molar-refractivity contribution in [2.24, 2.45) is 11.8 Å². The summed E-state index contributed by atoms with van der Waals surface area (Å²) in [7, 11) is 0. The number of hydrogen-bond acceptors (Lipinski definition) is 6. The smallest absolute Gasteiger partial charge is 0.135 e. The standard InChI is InChI=1S/C15H12ClN3S3/c16-12-4-3-9(21-12)2-1-5-20-14-13(17-22-18-14)15-8-19-6-10(15)11(15)7-19/h3-4,10-11H,5-8H2. The van der Waals surface area contributed by atoms with Gasteiger partial charge in [0.1, 0.15) is 5.03 Å². The van der Waals surface area contributed by atoms with E-state index < -0.39 is 0 Å². The highest BCUT2D eigenvalue weighted by molar-refractivity contribution is 7.99. The first-order valence-corrected chi connectivity index (χ1v) is 10.1. The summed E-state index contributed by atoms with van der Waals surface area (Å²) in [5, 5.41) is 1.11. The van der Waals surface area contributed by atoms with Crippen LogP contribution in [0.15, 0.2) is 17.2 Å². The molecule has 6 rings (SSSR count). The highest BCUT2D eigenvalue weighted by Crippen LogP contribution is 2.69. The zero-order valence-electron chi connectivity index (χ0n) is 11.6. The van der Waals surface area contributed by atoms with Crippen molar-refractivity contribution in [3.8, 4) is 11.8 Å². The monoisotopic (exact) mass is 365 g/mol. The largest absolute Gasteiger partial charge is 0.302 e. The highest BCUT2D eigenvalue weighted by atomic mass is 35.5. The Hall–Kier alpha value is -0.580. The van der Waals surface area contributed by atoms with Crippen molar-refractivity contribution in [1.29, 1.82) is 0 Å². The molecule has 2 aromatic rings. The molecule has 0 aromatic carbocycles. The van der Waals surface area contributed by atoms with Crippen LogP contribution in [-0.2, 0) is 5.41 Å². The van der Waals surface area contributed by atoms with Crippen molar-refractivity contribution in [3.63, 3.8) is 0 Å². The quantitative estimate of drug-likeness (QED) is 0.617. The molecule has 1 aliphatic carbocycles. The van der Waals surface area contributed by atoms with Crippen LogP contribution in [0.5, 0.6) is 0 Å². The summed E-state index contributed by atoms with van der Waals surface area (Å²) >= 11 is 10.5. The van der Waals surface area contributed by atoms with Gasteiger partial charge in [-0.15, -0.1) is 11.3 Å². The molecule has 3 nitrogen and oxygen atoms in total. The van der Waals surface area contributed by atoms with Crippen LogP contribution in [-0.4, -0.2) is 39.0 Å². The van der Waals surface area contributed by atoms with Gasteiger partial charge in [0.15, 0.2) is 0 Å². The van der Waals surface area contributed by atoms with Gasteiger partial charge in [-0.05, 0) is 24.0 Å².